The van der Waals surface area contributed by atoms with Crippen molar-refractivity contribution in [3.8, 4) is 0 Å². The molecule has 2 aromatic heterocycles. The van der Waals surface area contributed by atoms with Crippen LogP contribution in [-0.2, 0) is 32.5 Å². The number of fused-ring (bicyclic) bond motifs is 2. The number of aromatic nitrogens is 4. The van der Waals surface area contributed by atoms with Gasteiger partial charge in [0.2, 0.25) is 11.8 Å². The minimum atomic E-state index is -1.38. The number of hydrogen-bond acceptors (Lipinski definition) is 8. The summed E-state index contributed by atoms with van der Waals surface area (Å²) >= 11 is 0. The van der Waals surface area contributed by atoms with E-state index in [1.165, 1.54) is 26.0 Å². The average molecular weight is 841 g/mol. The smallest absolute Gasteiger partial charge is 0.220 e. The largest absolute Gasteiger partial charge is 0.388 e. The number of benzene rings is 2. The van der Waals surface area contributed by atoms with Gasteiger partial charge in [-0.1, -0.05) is 39.3 Å². The molecule has 6 rings (SSSR count). The van der Waals surface area contributed by atoms with Crippen LogP contribution in [-0.4, -0.2) is 93.4 Å². The number of imidazole rings is 2. The number of aliphatic hydroxyl groups is 2. The Morgan fingerprint density at radius 1 is 0.707 bits per heavy atom. The lowest BCUT2D eigenvalue weighted by molar-refractivity contribution is -0.130. The summed E-state index contributed by atoms with van der Waals surface area (Å²) in [5, 5.41) is 22.9. The van der Waals surface area contributed by atoms with E-state index in [1.54, 1.807) is 21.9 Å². The molecule has 0 spiro atoms. The van der Waals surface area contributed by atoms with Gasteiger partial charge in [-0.2, -0.15) is 0 Å². The number of aliphatic hydroxyl groups excluding tert-OH is 2. The number of carbonyl (C=O) groups is 2. The molecular formula is C42H62F2N6O6Si2. The first-order valence-corrected chi connectivity index (χ1v) is 28.2. The number of hydrogen-bond donors (Lipinski definition) is 2. The molecule has 12 nitrogen and oxygen atoms in total. The van der Waals surface area contributed by atoms with Crippen molar-refractivity contribution in [1.82, 2.24) is 28.9 Å². The van der Waals surface area contributed by atoms with E-state index in [0.29, 0.717) is 73.0 Å². The molecule has 2 aromatic carbocycles. The highest BCUT2D eigenvalue weighted by atomic mass is 28.3. The molecule has 4 unspecified atom stereocenters. The van der Waals surface area contributed by atoms with E-state index in [9.17, 15) is 19.8 Å². The molecule has 2 aliphatic heterocycles. The van der Waals surface area contributed by atoms with E-state index in [-0.39, 0.29) is 61.2 Å². The average Bonchev–Trinajstić information content (AvgIpc) is 3.95. The summed E-state index contributed by atoms with van der Waals surface area (Å²) in [6.07, 6.45) is 0.821. The Bertz CT molecular complexity index is 1970. The second-order valence-corrected chi connectivity index (χ2v) is 29.8. The van der Waals surface area contributed by atoms with Gasteiger partial charge < -0.3 is 38.6 Å². The van der Waals surface area contributed by atoms with Crippen LogP contribution in [0, 0.1) is 11.6 Å². The van der Waals surface area contributed by atoms with E-state index in [2.05, 4.69) is 39.3 Å². The number of carbonyl (C=O) groups excluding carboxylic acids is 2. The zero-order valence-electron chi connectivity index (χ0n) is 35.5. The maximum absolute atomic E-state index is 15.9. The Balaban J connectivity index is 1.25. The first-order valence-electron chi connectivity index (χ1n) is 20.8. The van der Waals surface area contributed by atoms with Gasteiger partial charge in [0.1, 0.15) is 36.1 Å². The van der Waals surface area contributed by atoms with Gasteiger partial charge in [0.05, 0.1) is 35.3 Å². The molecule has 2 aliphatic rings. The van der Waals surface area contributed by atoms with Gasteiger partial charge in [0.25, 0.3) is 0 Å². The van der Waals surface area contributed by atoms with Gasteiger partial charge in [0.15, 0.2) is 11.6 Å². The van der Waals surface area contributed by atoms with Gasteiger partial charge >= 0.3 is 0 Å². The van der Waals surface area contributed by atoms with Gasteiger partial charge in [-0.05, 0) is 86.0 Å². The van der Waals surface area contributed by atoms with Crippen molar-refractivity contribution in [3.05, 3.63) is 58.7 Å². The third-order valence-corrected chi connectivity index (χ3v) is 15.0. The van der Waals surface area contributed by atoms with Gasteiger partial charge in [-0.3, -0.25) is 9.59 Å². The van der Waals surface area contributed by atoms with Crippen LogP contribution in [0.2, 0.25) is 51.4 Å². The van der Waals surface area contributed by atoms with Gasteiger partial charge in [0, 0.05) is 56.3 Å². The lowest BCUT2D eigenvalue weighted by Gasteiger charge is -2.24. The maximum Gasteiger partial charge on any atom is 0.220 e. The molecule has 16 heteroatoms. The predicted octanol–water partition coefficient (Wildman–Crippen LogP) is 8.20. The van der Waals surface area contributed by atoms with Crippen LogP contribution in [0.15, 0.2) is 24.3 Å². The predicted molar refractivity (Wildman–Crippen MR) is 225 cm³/mol. The molecule has 2 fully saturated rings. The number of likely N-dealkylation sites (tertiary alicyclic amines) is 2. The molecule has 2 amide bonds. The zero-order valence-corrected chi connectivity index (χ0v) is 37.5. The third kappa shape index (κ3) is 10.1. The second-order valence-electron chi connectivity index (χ2n) is 18.6. The van der Waals surface area contributed by atoms with Crippen LogP contribution in [0.4, 0.5) is 8.78 Å². The summed E-state index contributed by atoms with van der Waals surface area (Å²) in [5.74, 6) is -0.232. The SMILES string of the molecule is CC(=O)N1CCCC1c1nc2c(F)cc(C(O)CCC(O)c3cc(F)c4nc(C5CCCN5C(C)=O)n(COCC[Si](C)(C)C)c4c3)cc2n1COCC[Si](C)(C)C. The Morgan fingerprint density at radius 3 is 1.43 bits per heavy atom. The van der Waals surface area contributed by atoms with E-state index < -0.39 is 40.0 Å². The molecule has 0 saturated carbocycles. The molecule has 318 valence electrons. The fourth-order valence-electron chi connectivity index (χ4n) is 8.15. The Kier molecular flexibility index (Phi) is 13.6. The van der Waals surface area contributed by atoms with Crippen LogP contribution in [0.1, 0.15) is 99.4 Å². The van der Waals surface area contributed by atoms with Crippen LogP contribution < -0.4 is 0 Å². The first-order chi connectivity index (χ1) is 27.3. The van der Waals surface area contributed by atoms with Crippen LogP contribution in [0.3, 0.4) is 0 Å². The summed E-state index contributed by atoms with van der Waals surface area (Å²) in [5.41, 5.74) is 1.83. The lowest BCUT2D eigenvalue weighted by atomic mass is 9.98. The highest BCUT2D eigenvalue weighted by molar-refractivity contribution is 6.76. The molecule has 4 heterocycles. The summed E-state index contributed by atoms with van der Waals surface area (Å²) in [4.78, 5) is 38.0. The molecular weight excluding hydrogens is 779 g/mol. The van der Waals surface area contributed by atoms with Crippen molar-refractivity contribution in [3.63, 3.8) is 0 Å². The fourth-order valence-corrected chi connectivity index (χ4v) is 9.66. The van der Waals surface area contributed by atoms with Crippen molar-refractivity contribution < 1.29 is 38.1 Å². The minimum absolute atomic E-state index is 0.0557. The van der Waals surface area contributed by atoms with Crippen molar-refractivity contribution >= 4 is 50.0 Å². The normalized spacial score (nSPS) is 18.9. The van der Waals surface area contributed by atoms with E-state index in [1.807, 2.05) is 9.13 Å². The maximum atomic E-state index is 15.9. The Labute approximate surface area is 342 Å². The third-order valence-electron chi connectivity index (χ3n) is 11.5. The summed E-state index contributed by atoms with van der Waals surface area (Å²) < 4.78 is 47.7. The number of ether oxygens (including phenoxy) is 2. The number of halogens is 2. The minimum Gasteiger partial charge on any atom is -0.388 e. The molecule has 4 aromatic rings. The molecule has 4 atom stereocenters. The highest BCUT2D eigenvalue weighted by Gasteiger charge is 2.35. The van der Waals surface area contributed by atoms with Crippen molar-refractivity contribution in [1.29, 1.82) is 0 Å². The van der Waals surface area contributed by atoms with Crippen molar-refractivity contribution in [2.75, 3.05) is 26.3 Å². The topological polar surface area (TPSA) is 135 Å². The van der Waals surface area contributed by atoms with E-state index in [0.717, 1.165) is 24.9 Å². The molecule has 2 N–H and O–H groups in total. The van der Waals surface area contributed by atoms with Crippen LogP contribution in [0.25, 0.3) is 22.1 Å². The molecule has 0 radical (unpaired) electrons. The highest BCUT2D eigenvalue weighted by Crippen LogP contribution is 2.38. The van der Waals surface area contributed by atoms with E-state index in [4.69, 9.17) is 19.4 Å². The van der Waals surface area contributed by atoms with Crippen LogP contribution >= 0.6 is 0 Å². The number of nitrogens with zero attached hydrogens (tertiary/aromatic N) is 6. The first kappa shape index (κ1) is 44.0. The standard InChI is InChI=1S/C42H62F2N6O6Si2/c1-27(51)47-15-9-11-33(47)41-45-39-31(43)21-29(23-35(39)49(41)25-55-17-19-57(3,4)5)37(53)13-14-38(54)30-22-32(44)40-36(24-30)50(26-56-18-20-58(6,7)8)42(46-40)34-12-10-16-48(34)28(2)52/h21-24,33-34,37-38,53-54H,9-20,25-26H2,1-8H3. The summed E-state index contributed by atoms with van der Waals surface area (Å²) in [6, 6.07) is 7.22. The molecule has 0 bridgehead atoms. The summed E-state index contributed by atoms with van der Waals surface area (Å²) in [6.45, 7) is 19.2. The van der Waals surface area contributed by atoms with Crippen molar-refractivity contribution in [2.45, 2.75) is 141 Å². The fraction of sp³-hybridized carbons (Fsp3) is 0.619. The number of rotatable bonds is 17. The van der Waals surface area contributed by atoms with E-state index >= 15 is 8.78 Å². The quantitative estimate of drug-likeness (QED) is 0.0803. The number of amides is 2. The molecule has 0 aliphatic carbocycles. The monoisotopic (exact) mass is 840 g/mol. The zero-order chi connectivity index (χ0) is 42.1. The van der Waals surface area contributed by atoms with Crippen molar-refractivity contribution in [2.24, 2.45) is 0 Å². The second kappa shape index (κ2) is 18.0. The molecule has 58 heavy (non-hydrogen) atoms. The van der Waals surface area contributed by atoms with Crippen LogP contribution in [0.5, 0.6) is 0 Å². The van der Waals surface area contributed by atoms with Gasteiger partial charge in [-0.15, -0.1) is 0 Å². The molecule has 2 saturated heterocycles. The Hall–Kier alpha value is -3.55. The van der Waals surface area contributed by atoms with Gasteiger partial charge in [-0.25, -0.2) is 18.7 Å². The summed E-state index contributed by atoms with van der Waals surface area (Å²) in [7, 11) is -2.75. The lowest BCUT2D eigenvalue weighted by Crippen LogP contribution is -2.30. The Morgan fingerprint density at radius 2 is 1.09 bits per heavy atom.